The lowest BCUT2D eigenvalue weighted by atomic mass is 10.1. The first-order chi connectivity index (χ1) is 12.4. The zero-order valence-electron chi connectivity index (χ0n) is 15.7. The molecule has 0 spiro atoms. The summed E-state index contributed by atoms with van der Waals surface area (Å²) in [7, 11) is 0. The molecule has 2 N–H and O–H groups in total. The molecule has 7 nitrogen and oxygen atoms in total. The molecular weight excluding hydrogens is 330 g/mol. The number of amides is 3. The third-order valence-corrected chi connectivity index (χ3v) is 4.67. The molecule has 0 bridgehead atoms. The number of urea groups is 1. The van der Waals surface area contributed by atoms with Gasteiger partial charge in [-0.25, -0.2) is 4.79 Å². The lowest BCUT2D eigenvalue weighted by Gasteiger charge is -2.34. The Hall–Kier alpha value is -2.59. The van der Waals surface area contributed by atoms with Gasteiger partial charge in [0.15, 0.2) is 0 Å². The fourth-order valence-corrected chi connectivity index (χ4v) is 2.85. The standard InChI is InChI=1S/C19H27N5O2/c1-4-15(3)21-18(25)13-23-8-10-24(11-9-23)19(26)22-17-7-5-6-14(2)16(17)12-20/h5-7,15H,4,8-11,13H2,1-3H3,(H,21,25)(H,22,26)/t15-/m0/s1. The fourth-order valence-electron chi connectivity index (χ4n) is 2.85. The topological polar surface area (TPSA) is 88.5 Å². The third kappa shape index (κ3) is 5.20. The van der Waals surface area contributed by atoms with Gasteiger partial charge in [-0.05, 0) is 31.9 Å². The van der Waals surface area contributed by atoms with E-state index in [0.29, 0.717) is 44.0 Å². The van der Waals surface area contributed by atoms with Crippen LogP contribution in [0.25, 0.3) is 0 Å². The van der Waals surface area contributed by atoms with E-state index in [0.717, 1.165) is 12.0 Å². The minimum Gasteiger partial charge on any atom is -0.353 e. The van der Waals surface area contributed by atoms with Crippen molar-refractivity contribution in [2.24, 2.45) is 0 Å². The maximum absolute atomic E-state index is 12.5. The van der Waals surface area contributed by atoms with Gasteiger partial charge >= 0.3 is 6.03 Å². The molecular formula is C19H27N5O2. The zero-order valence-corrected chi connectivity index (χ0v) is 15.7. The number of nitrogens with zero attached hydrogens (tertiary/aromatic N) is 3. The Balaban J connectivity index is 1.84. The average Bonchev–Trinajstić information content (AvgIpc) is 2.62. The van der Waals surface area contributed by atoms with Crippen LogP contribution >= 0.6 is 0 Å². The molecule has 1 fully saturated rings. The van der Waals surface area contributed by atoms with Gasteiger partial charge in [-0.3, -0.25) is 9.69 Å². The van der Waals surface area contributed by atoms with Crippen LogP contribution in [-0.4, -0.2) is 60.5 Å². The number of aryl methyl sites for hydroxylation is 1. The van der Waals surface area contributed by atoms with Crippen molar-refractivity contribution in [1.82, 2.24) is 15.1 Å². The Bertz CT molecular complexity index is 690. The van der Waals surface area contributed by atoms with Crippen molar-refractivity contribution >= 4 is 17.6 Å². The molecule has 26 heavy (non-hydrogen) atoms. The predicted molar refractivity (Wildman–Crippen MR) is 101 cm³/mol. The molecule has 3 amide bonds. The third-order valence-electron chi connectivity index (χ3n) is 4.67. The van der Waals surface area contributed by atoms with Crippen molar-refractivity contribution in [2.75, 3.05) is 38.0 Å². The van der Waals surface area contributed by atoms with Gasteiger partial charge < -0.3 is 15.5 Å². The molecule has 7 heteroatoms. The second-order valence-corrected chi connectivity index (χ2v) is 6.68. The highest BCUT2D eigenvalue weighted by molar-refractivity contribution is 5.91. The Morgan fingerprint density at radius 3 is 2.58 bits per heavy atom. The molecule has 0 aliphatic carbocycles. The van der Waals surface area contributed by atoms with E-state index in [9.17, 15) is 14.9 Å². The Kier molecular flexibility index (Phi) is 6.98. The van der Waals surface area contributed by atoms with Gasteiger partial charge in [0.2, 0.25) is 5.91 Å². The average molecular weight is 357 g/mol. The van der Waals surface area contributed by atoms with Crippen LogP contribution < -0.4 is 10.6 Å². The Morgan fingerprint density at radius 2 is 1.96 bits per heavy atom. The summed E-state index contributed by atoms with van der Waals surface area (Å²) in [6.45, 7) is 8.63. The maximum atomic E-state index is 12.5. The molecule has 1 aromatic rings. The van der Waals surface area contributed by atoms with E-state index in [-0.39, 0.29) is 18.0 Å². The lowest BCUT2D eigenvalue weighted by molar-refractivity contribution is -0.123. The number of anilines is 1. The van der Waals surface area contributed by atoms with E-state index in [2.05, 4.69) is 21.6 Å². The number of hydrogen-bond donors (Lipinski definition) is 2. The van der Waals surface area contributed by atoms with E-state index >= 15 is 0 Å². The monoisotopic (exact) mass is 357 g/mol. The largest absolute Gasteiger partial charge is 0.353 e. The number of nitrogens with one attached hydrogen (secondary N) is 2. The van der Waals surface area contributed by atoms with Gasteiger partial charge in [0.25, 0.3) is 0 Å². The Morgan fingerprint density at radius 1 is 1.27 bits per heavy atom. The van der Waals surface area contributed by atoms with Crippen LogP contribution in [0.1, 0.15) is 31.4 Å². The first-order valence-corrected chi connectivity index (χ1v) is 9.02. The summed E-state index contributed by atoms with van der Waals surface area (Å²) in [5.74, 6) is 0.0238. The summed E-state index contributed by atoms with van der Waals surface area (Å²) < 4.78 is 0. The molecule has 1 atom stereocenters. The summed E-state index contributed by atoms with van der Waals surface area (Å²) in [5, 5.41) is 15.0. The molecule has 1 heterocycles. The molecule has 1 saturated heterocycles. The van der Waals surface area contributed by atoms with Crippen LogP contribution in [0.4, 0.5) is 10.5 Å². The molecule has 0 unspecified atom stereocenters. The van der Waals surface area contributed by atoms with Crippen LogP contribution in [0.15, 0.2) is 18.2 Å². The minimum atomic E-state index is -0.212. The molecule has 0 saturated carbocycles. The van der Waals surface area contributed by atoms with Crippen molar-refractivity contribution < 1.29 is 9.59 Å². The highest BCUT2D eigenvalue weighted by atomic mass is 16.2. The minimum absolute atomic E-state index is 0.0238. The summed E-state index contributed by atoms with van der Waals surface area (Å²) in [5.41, 5.74) is 1.86. The summed E-state index contributed by atoms with van der Waals surface area (Å²) in [6.07, 6.45) is 0.906. The number of nitriles is 1. The van der Waals surface area contributed by atoms with Gasteiger partial charge in [0, 0.05) is 32.2 Å². The van der Waals surface area contributed by atoms with E-state index in [4.69, 9.17) is 0 Å². The fraction of sp³-hybridized carbons (Fsp3) is 0.526. The van der Waals surface area contributed by atoms with Crippen LogP contribution in [-0.2, 0) is 4.79 Å². The molecule has 1 aliphatic rings. The number of benzene rings is 1. The molecule has 0 radical (unpaired) electrons. The van der Waals surface area contributed by atoms with Gasteiger partial charge in [-0.2, -0.15) is 5.26 Å². The first kappa shape index (κ1) is 19.7. The molecule has 140 valence electrons. The van der Waals surface area contributed by atoms with Crippen molar-refractivity contribution in [3.63, 3.8) is 0 Å². The van der Waals surface area contributed by atoms with Crippen LogP contribution in [0.3, 0.4) is 0 Å². The van der Waals surface area contributed by atoms with Gasteiger partial charge in [-0.1, -0.05) is 19.1 Å². The number of carbonyl (C=O) groups excluding carboxylic acids is 2. The summed E-state index contributed by atoms with van der Waals surface area (Å²) in [4.78, 5) is 28.2. The quantitative estimate of drug-likeness (QED) is 0.843. The highest BCUT2D eigenvalue weighted by Crippen LogP contribution is 2.19. The molecule has 0 aromatic heterocycles. The maximum Gasteiger partial charge on any atom is 0.321 e. The van der Waals surface area contributed by atoms with Crippen molar-refractivity contribution in [3.8, 4) is 6.07 Å². The van der Waals surface area contributed by atoms with Crippen molar-refractivity contribution in [1.29, 1.82) is 5.26 Å². The van der Waals surface area contributed by atoms with E-state index < -0.39 is 0 Å². The van der Waals surface area contributed by atoms with E-state index in [1.54, 1.807) is 11.0 Å². The molecule has 1 aliphatic heterocycles. The van der Waals surface area contributed by atoms with E-state index in [1.807, 2.05) is 32.9 Å². The van der Waals surface area contributed by atoms with Crippen LogP contribution in [0.2, 0.25) is 0 Å². The van der Waals surface area contributed by atoms with Crippen molar-refractivity contribution in [3.05, 3.63) is 29.3 Å². The first-order valence-electron chi connectivity index (χ1n) is 9.02. The summed E-state index contributed by atoms with van der Waals surface area (Å²) >= 11 is 0. The van der Waals surface area contributed by atoms with Crippen molar-refractivity contribution in [2.45, 2.75) is 33.2 Å². The highest BCUT2D eigenvalue weighted by Gasteiger charge is 2.23. The second kappa shape index (κ2) is 9.20. The zero-order chi connectivity index (χ0) is 19.1. The van der Waals surface area contributed by atoms with Gasteiger partial charge in [0.05, 0.1) is 17.8 Å². The normalized spacial score (nSPS) is 15.8. The number of rotatable bonds is 5. The van der Waals surface area contributed by atoms with E-state index in [1.165, 1.54) is 0 Å². The smallest absolute Gasteiger partial charge is 0.321 e. The van der Waals surface area contributed by atoms with Crippen LogP contribution in [0, 0.1) is 18.3 Å². The molecule has 1 aromatic carbocycles. The van der Waals surface area contributed by atoms with Gasteiger partial charge in [-0.15, -0.1) is 0 Å². The second-order valence-electron chi connectivity index (χ2n) is 6.68. The van der Waals surface area contributed by atoms with Gasteiger partial charge in [0.1, 0.15) is 6.07 Å². The number of carbonyl (C=O) groups is 2. The SMILES string of the molecule is CC[C@H](C)NC(=O)CN1CCN(C(=O)Nc2cccc(C)c2C#N)CC1. The van der Waals surface area contributed by atoms with Crippen LogP contribution in [0.5, 0.6) is 0 Å². The summed E-state index contributed by atoms with van der Waals surface area (Å²) in [6, 6.07) is 7.50. The number of piperazine rings is 1. The Labute approximate surface area is 155 Å². The number of hydrogen-bond acceptors (Lipinski definition) is 4. The predicted octanol–water partition coefficient (Wildman–Crippen LogP) is 1.93. The molecule has 2 rings (SSSR count). The lowest BCUT2D eigenvalue weighted by Crippen LogP contribution is -2.52.